The fourth-order valence-corrected chi connectivity index (χ4v) is 2.02. The maximum absolute atomic E-state index is 9.93. The molecule has 0 saturated heterocycles. The molecule has 0 heterocycles. The van der Waals surface area contributed by atoms with E-state index < -0.39 is 5.60 Å². The van der Waals surface area contributed by atoms with Gasteiger partial charge in [0.15, 0.2) is 0 Å². The van der Waals surface area contributed by atoms with Crippen LogP contribution in [0.5, 0.6) is 0 Å². The molecule has 12 heavy (non-hydrogen) atoms. The molecule has 2 aliphatic rings. The van der Waals surface area contributed by atoms with Crippen molar-refractivity contribution in [2.75, 3.05) is 0 Å². The molecule has 1 saturated carbocycles. The molecule has 0 aromatic rings. The van der Waals surface area contributed by atoms with Crippen LogP contribution < -0.4 is 0 Å². The van der Waals surface area contributed by atoms with Gasteiger partial charge in [0.05, 0.1) is 5.60 Å². The number of rotatable bonds is 1. The molecule has 2 aliphatic carbocycles. The lowest BCUT2D eigenvalue weighted by Crippen LogP contribution is -2.19. The highest BCUT2D eigenvalue weighted by Gasteiger charge is 2.34. The lowest BCUT2D eigenvalue weighted by atomic mass is 10.0. The fraction of sp³-hybridized carbons (Fsp3) is 0.455. The minimum Gasteiger partial charge on any atom is -0.385 e. The second kappa shape index (κ2) is 2.60. The highest BCUT2D eigenvalue weighted by molar-refractivity contribution is 5.42. The summed E-state index contributed by atoms with van der Waals surface area (Å²) in [6, 6.07) is 0. The van der Waals surface area contributed by atoms with Crippen molar-refractivity contribution in [1.29, 1.82) is 0 Å². The van der Waals surface area contributed by atoms with Crippen LogP contribution in [-0.2, 0) is 0 Å². The number of aliphatic hydroxyl groups is 1. The van der Waals surface area contributed by atoms with Crippen LogP contribution in [0.4, 0.5) is 0 Å². The molecule has 1 N–H and O–H groups in total. The van der Waals surface area contributed by atoms with Gasteiger partial charge in [-0.05, 0) is 24.0 Å². The number of hydrogen-bond acceptors (Lipinski definition) is 1. The smallest absolute Gasteiger partial charge is 0.0905 e. The third-order valence-corrected chi connectivity index (χ3v) is 2.73. The number of hydrogen-bond donors (Lipinski definition) is 1. The predicted molar refractivity (Wildman–Crippen MR) is 49.8 cm³/mol. The van der Waals surface area contributed by atoms with Crippen LogP contribution in [0.2, 0.25) is 0 Å². The second-order valence-corrected chi connectivity index (χ2v) is 3.70. The van der Waals surface area contributed by atoms with Gasteiger partial charge in [-0.25, -0.2) is 0 Å². The van der Waals surface area contributed by atoms with Crippen LogP contribution in [-0.4, -0.2) is 10.7 Å². The van der Waals surface area contributed by atoms with E-state index in [-0.39, 0.29) is 0 Å². The first-order valence-corrected chi connectivity index (χ1v) is 4.48. The number of fused-ring (bicyclic) bond motifs is 1. The van der Waals surface area contributed by atoms with Gasteiger partial charge in [-0.3, -0.25) is 0 Å². The molecule has 0 atom stereocenters. The van der Waals surface area contributed by atoms with Crippen molar-refractivity contribution in [3.8, 4) is 0 Å². The highest BCUT2D eigenvalue weighted by atomic mass is 16.3. The first kappa shape index (κ1) is 7.81. The molecular weight excluding hydrogens is 148 g/mol. The Morgan fingerprint density at radius 1 is 1.25 bits per heavy atom. The van der Waals surface area contributed by atoms with Crippen LogP contribution in [0.15, 0.2) is 36.0 Å². The Morgan fingerprint density at radius 3 is 2.17 bits per heavy atom. The topological polar surface area (TPSA) is 20.2 Å². The zero-order valence-electron chi connectivity index (χ0n) is 7.21. The van der Waals surface area contributed by atoms with Crippen molar-refractivity contribution in [2.45, 2.75) is 31.3 Å². The van der Waals surface area contributed by atoms with Crippen LogP contribution in [0.1, 0.15) is 25.7 Å². The molecule has 2 rings (SSSR count). The van der Waals surface area contributed by atoms with Crippen molar-refractivity contribution < 1.29 is 5.11 Å². The molecule has 0 amide bonds. The van der Waals surface area contributed by atoms with Gasteiger partial charge in [0.25, 0.3) is 0 Å². The van der Waals surface area contributed by atoms with Crippen LogP contribution in [0, 0.1) is 0 Å². The maximum atomic E-state index is 9.93. The predicted octanol–water partition coefficient (Wildman–Crippen LogP) is 2.34. The van der Waals surface area contributed by atoms with Gasteiger partial charge in [-0.15, -0.1) is 6.58 Å². The number of allylic oxidation sites excluding steroid dienone is 2. The van der Waals surface area contributed by atoms with Gasteiger partial charge in [0.2, 0.25) is 0 Å². The maximum Gasteiger partial charge on any atom is 0.0905 e. The normalized spacial score (nSPS) is 25.8. The summed E-state index contributed by atoms with van der Waals surface area (Å²) in [6.07, 6.45) is 9.96. The Hall–Kier alpha value is -0.820. The van der Waals surface area contributed by atoms with Crippen molar-refractivity contribution >= 4 is 0 Å². The molecule has 0 unspecified atom stereocenters. The largest absolute Gasteiger partial charge is 0.385 e. The third kappa shape index (κ3) is 1.14. The van der Waals surface area contributed by atoms with E-state index in [9.17, 15) is 5.11 Å². The molecule has 0 spiro atoms. The van der Waals surface area contributed by atoms with E-state index in [4.69, 9.17) is 0 Å². The van der Waals surface area contributed by atoms with E-state index in [2.05, 4.69) is 18.7 Å². The molecule has 1 fully saturated rings. The summed E-state index contributed by atoms with van der Waals surface area (Å²) in [6.45, 7) is 3.67. The summed E-state index contributed by atoms with van der Waals surface area (Å²) in [7, 11) is 0. The molecule has 0 aliphatic heterocycles. The standard InChI is InChI=1S/C11H14O/c1-2-11(12)7-9-5-3-4-6-10(9)8-11/h2,5-6,12H,1,3-4,7-8H2. The van der Waals surface area contributed by atoms with Crippen molar-refractivity contribution in [1.82, 2.24) is 0 Å². The highest BCUT2D eigenvalue weighted by Crippen LogP contribution is 2.41. The minimum absolute atomic E-state index is 0.651. The average molecular weight is 162 g/mol. The van der Waals surface area contributed by atoms with E-state index in [1.165, 1.54) is 11.1 Å². The minimum atomic E-state index is -0.651. The van der Waals surface area contributed by atoms with E-state index in [1.54, 1.807) is 6.08 Å². The molecule has 0 aromatic heterocycles. The lowest BCUT2D eigenvalue weighted by Gasteiger charge is -2.14. The molecule has 1 nitrogen and oxygen atoms in total. The quantitative estimate of drug-likeness (QED) is 0.587. The SMILES string of the molecule is C=CC1(O)CC2=CCCC=C2C1. The summed E-state index contributed by atoms with van der Waals surface area (Å²) in [5.41, 5.74) is 2.02. The van der Waals surface area contributed by atoms with E-state index >= 15 is 0 Å². The zero-order valence-corrected chi connectivity index (χ0v) is 7.21. The average Bonchev–Trinajstić information content (AvgIpc) is 2.42. The van der Waals surface area contributed by atoms with Gasteiger partial charge in [0, 0.05) is 12.8 Å². The first-order valence-electron chi connectivity index (χ1n) is 4.48. The summed E-state index contributed by atoms with van der Waals surface area (Å²) < 4.78 is 0. The van der Waals surface area contributed by atoms with E-state index in [1.807, 2.05) is 0 Å². The second-order valence-electron chi connectivity index (χ2n) is 3.70. The van der Waals surface area contributed by atoms with Gasteiger partial charge < -0.3 is 5.11 Å². The van der Waals surface area contributed by atoms with Gasteiger partial charge in [-0.2, -0.15) is 0 Å². The molecule has 64 valence electrons. The van der Waals surface area contributed by atoms with Crippen LogP contribution >= 0.6 is 0 Å². The molecule has 0 radical (unpaired) electrons. The van der Waals surface area contributed by atoms with Crippen molar-refractivity contribution in [3.05, 3.63) is 36.0 Å². The van der Waals surface area contributed by atoms with Crippen LogP contribution in [0.25, 0.3) is 0 Å². The Kier molecular flexibility index (Phi) is 1.69. The van der Waals surface area contributed by atoms with E-state index in [0.29, 0.717) is 0 Å². The molecular formula is C11H14O. The fourth-order valence-electron chi connectivity index (χ4n) is 2.02. The zero-order chi connectivity index (χ0) is 8.60. The molecule has 0 aromatic carbocycles. The summed E-state index contributed by atoms with van der Waals surface area (Å²) in [5.74, 6) is 0. The Morgan fingerprint density at radius 2 is 1.75 bits per heavy atom. The summed E-state index contributed by atoms with van der Waals surface area (Å²) in [5, 5.41) is 9.93. The van der Waals surface area contributed by atoms with Gasteiger partial charge >= 0.3 is 0 Å². The van der Waals surface area contributed by atoms with Crippen molar-refractivity contribution in [2.24, 2.45) is 0 Å². The summed E-state index contributed by atoms with van der Waals surface area (Å²) in [4.78, 5) is 0. The third-order valence-electron chi connectivity index (χ3n) is 2.73. The Bertz CT molecular complexity index is 249. The monoisotopic (exact) mass is 162 g/mol. The lowest BCUT2D eigenvalue weighted by molar-refractivity contribution is 0.107. The Labute approximate surface area is 73.1 Å². The van der Waals surface area contributed by atoms with Crippen molar-refractivity contribution in [3.63, 3.8) is 0 Å². The van der Waals surface area contributed by atoms with Crippen LogP contribution in [0.3, 0.4) is 0 Å². The summed E-state index contributed by atoms with van der Waals surface area (Å²) >= 11 is 0. The van der Waals surface area contributed by atoms with Gasteiger partial charge in [0.1, 0.15) is 0 Å². The Balaban J connectivity index is 2.29. The molecule has 1 heteroatoms. The first-order chi connectivity index (χ1) is 5.73. The van der Waals surface area contributed by atoms with E-state index in [0.717, 1.165) is 25.7 Å². The molecule has 0 bridgehead atoms. The van der Waals surface area contributed by atoms with Gasteiger partial charge in [-0.1, -0.05) is 18.2 Å².